The second-order valence-electron chi connectivity index (χ2n) is 11.0. The van der Waals surface area contributed by atoms with Crippen molar-refractivity contribution in [2.75, 3.05) is 85.1 Å². The van der Waals surface area contributed by atoms with Crippen molar-refractivity contribution in [3.05, 3.63) is 0 Å². The van der Waals surface area contributed by atoms with Crippen LogP contribution in [0.3, 0.4) is 0 Å². The number of carboxylic acids is 1. The van der Waals surface area contributed by atoms with E-state index in [1.807, 2.05) is 4.90 Å². The summed E-state index contributed by atoms with van der Waals surface area (Å²) in [5.41, 5.74) is 0. The summed E-state index contributed by atoms with van der Waals surface area (Å²) in [6, 6.07) is 0.840. The van der Waals surface area contributed by atoms with Gasteiger partial charge in [0.15, 0.2) is 0 Å². The molecule has 4 fully saturated rings. The molecule has 4 rings (SSSR count). The molecule has 9 heteroatoms. The predicted molar refractivity (Wildman–Crippen MR) is 136 cm³/mol. The maximum Gasteiger partial charge on any atom is 0.410 e. The second-order valence-corrected chi connectivity index (χ2v) is 11.0. The second kappa shape index (κ2) is 13.8. The number of cyclic esters (lactones) is 1. The summed E-state index contributed by atoms with van der Waals surface area (Å²) in [7, 11) is 0. The van der Waals surface area contributed by atoms with Crippen molar-refractivity contribution in [3.63, 3.8) is 0 Å². The Morgan fingerprint density at radius 3 is 2.09 bits per heavy atom. The van der Waals surface area contributed by atoms with Crippen molar-refractivity contribution in [1.82, 2.24) is 24.5 Å². The number of nitrogens with zero attached hydrogens (tertiary/aromatic N) is 5. The quantitative estimate of drug-likeness (QED) is 0.414. The molecule has 1 saturated carbocycles. The van der Waals surface area contributed by atoms with Gasteiger partial charge in [0, 0.05) is 77.9 Å². The maximum atomic E-state index is 12.3. The van der Waals surface area contributed by atoms with Gasteiger partial charge in [-0.15, -0.1) is 0 Å². The van der Waals surface area contributed by atoms with E-state index in [0.717, 1.165) is 71.2 Å². The van der Waals surface area contributed by atoms with Crippen LogP contribution in [0.2, 0.25) is 0 Å². The molecule has 3 aliphatic heterocycles. The topological polar surface area (TPSA) is 79.8 Å². The third-order valence-electron chi connectivity index (χ3n) is 8.39. The van der Waals surface area contributed by atoms with Crippen LogP contribution < -0.4 is 0 Å². The molecular formula is C26H47N5O4. The van der Waals surface area contributed by atoms with Crippen LogP contribution in [0.4, 0.5) is 4.79 Å². The molecule has 0 aromatic heterocycles. The Bertz CT molecular complexity index is 658. The van der Waals surface area contributed by atoms with Gasteiger partial charge in [-0.25, -0.2) is 4.79 Å². The fraction of sp³-hybridized carbons (Fsp3) is 0.923. The summed E-state index contributed by atoms with van der Waals surface area (Å²) in [6.45, 7) is 13.0. The first kappa shape index (κ1) is 26.6. The van der Waals surface area contributed by atoms with E-state index >= 15 is 0 Å². The van der Waals surface area contributed by atoms with Gasteiger partial charge in [-0.1, -0.05) is 19.3 Å². The molecule has 0 radical (unpaired) electrons. The number of hydrogen-bond donors (Lipinski definition) is 1. The van der Waals surface area contributed by atoms with Gasteiger partial charge in [-0.3, -0.25) is 14.6 Å². The summed E-state index contributed by atoms with van der Waals surface area (Å²) in [4.78, 5) is 35.0. The van der Waals surface area contributed by atoms with E-state index in [4.69, 9.17) is 9.84 Å². The maximum absolute atomic E-state index is 12.3. The van der Waals surface area contributed by atoms with Crippen LogP contribution in [-0.4, -0.2) is 139 Å². The number of rotatable bonds is 12. The van der Waals surface area contributed by atoms with E-state index in [2.05, 4.69) is 19.6 Å². The largest absolute Gasteiger partial charge is 0.481 e. The summed E-state index contributed by atoms with van der Waals surface area (Å²) in [5, 5.41) is 8.79. The van der Waals surface area contributed by atoms with Crippen LogP contribution in [0.15, 0.2) is 0 Å². The van der Waals surface area contributed by atoms with Crippen LogP contribution in [0.25, 0.3) is 0 Å². The van der Waals surface area contributed by atoms with Crippen LogP contribution in [0.1, 0.15) is 57.8 Å². The van der Waals surface area contributed by atoms with Gasteiger partial charge in [0.1, 0.15) is 6.10 Å². The zero-order valence-electron chi connectivity index (χ0n) is 21.6. The van der Waals surface area contributed by atoms with Crippen LogP contribution >= 0.6 is 0 Å². The zero-order chi connectivity index (χ0) is 24.5. The predicted octanol–water partition coefficient (Wildman–Crippen LogP) is 2.02. The molecule has 4 aliphatic rings. The third kappa shape index (κ3) is 8.58. The fourth-order valence-corrected chi connectivity index (χ4v) is 6.23. The molecule has 1 atom stereocenters. The van der Waals surface area contributed by atoms with E-state index in [1.54, 1.807) is 0 Å². The van der Waals surface area contributed by atoms with Crippen molar-refractivity contribution < 1.29 is 19.4 Å². The average Bonchev–Trinajstić information content (AvgIpc) is 3.22. The molecule has 0 aromatic rings. The molecule has 0 aromatic carbocycles. The first-order chi connectivity index (χ1) is 17.1. The average molecular weight is 494 g/mol. The molecule has 1 unspecified atom stereocenters. The van der Waals surface area contributed by atoms with Crippen LogP contribution in [0.5, 0.6) is 0 Å². The number of carbonyl (C=O) groups excluding carboxylic acids is 1. The highest BCUT2D eigenvalue weighted by molar-refractivity contribution is 5.69. The van der Waals surface area contributed by atoms with Crippen molar-refractivity contribution in [2.45, 2.75) is 69.9 Å². The fourth-order valence-electron chi connectivity index (χ4n) is 6.23. The highest BCUT2D eigenvalue weighted by Crippen LogP contribution is 2.23. The first-order valence-electron chi connectivity index (χ1n) is 14.2. The van der Waals surface area contributed by atoms with Crippen molar-refractivity contribution in [1.29, 1.82) is 0 Å². The number of hydrogen-bond acceptors (Lipinski definition) is 7. The Hall–Kier alpha value is -1.42. The number of aliphatic carboxylic acids is 1. The smallest absolute Gasteiger partial charge is 0.410 e. The van der Waals surface area contributed by atoms with E-state index in [9.17, 15) is 9.59 Å². The van der Waals surface area contributed by atoms with E-state index in [-0.39, 0.29) is 18.6 Å². The molecular weight excluding hydrogens is 446 g/mol. The summed E-state index contributed by atoms with van der Waals surface area (Å²) in [6.07, 6.45) is 10.0. The summed E-state index contributed by atoms with van der Waals surface area (Å²) >= 11 is 0. The lowest BCUT2D eigenvalue weighted by Crippen LogP contribution is -2.50. The minimum atomic E-state index is -0.719. The monoisotopic (exact) mass is 493 g/mol. The molecule has 35 heavy (non-hydrogen) atoms. The molecule has 0 bridgehead atoms. The number of piperazine rings is 2. The van der Waals surface area contributed by atoms with Crippen LogP contribution in [-0.2, 0) is 9.53 Å². The Morgan fingerprint density at radius 2 is 1.40 bits per heavy atom. The lowest BCUT2D eigenvalue weighted by molar-refractivity contribution is -0.137. The molecule has 3 heterocycles. The SMILES string of the molecule is O=C(O)CCCN1CCN(CC2CN(CCCCN3CCN(C4CCCCC4)CC3)C(=O)O2)CC1. The zero-order valence-corrected chi connectivity index (χ0v) is 21.6. The Morgan fingerprint density at radius 1 is 0.800 bits per heavy atom. The van der Waals surface area contributed by atoms with Gasteiger partial charge >= 0.3 is 12.1 Å². The highest BCUT2D eigenvalue weighted by Gasteiger charge is 2.33. The molecule has 200 valence electrons. The highest BCUT2D eigenvalue weighted by atomic mass is 16.6. The minimum Gasteiger partial charge on any atom is -0.481 e. The van der Waals surface area contributed by atoms with E-state index in [1.165, 1.54) is 58.3 Å². The standard InChI is InChI=1S/C26H47N5O4/c32-25(33)9-6-11-28-13-15-29(16-14-28)21-24-22-31(26(34)35-24)12-5-4-10-27-17-19-30(20-18-27)23-7-2-1-3-8-23/h23-24H,1-22H2,(H,32,33). The molecule has 0 spiro atoms. The summed E-state index contributed by atoms with van der Waals surface area (Å²) in [5.74, 6) is -0.719. The van der Waals surface area contributed by atoms with E-state index < -0.39 is 5.97 Å². The minimum absolute atomic E-state index is 0.0334. The van der Waals surface area contributed by atoms with Gasteiger partial charge in [0.05, 0.1) is 6.54 Å². The Labute approximate surface area is 211 Å². The normalized spacial score (nSPS) is 26.3. The Balaban J connectivity index is 1.04. The third-order valence-corrected chi connectivity index (χ3v) is 8.39. The van der Waals surface area contributed by atoms with Gasteiger partial charge in [-0.05, 0) is 45.2 Å². The lowest BCUT2D eigenvalue weighted by atomic mass is 9.94. The molecule has 9 nitrogen and oxygen atoms in total. The molecule has 1 aliphatic carbocycles. The first-order valence-corrected chi connectivity index (χ1v) is 14.2. The molecule has 1 amide bonds. The number of carboxylic acid groups (broad SMARTS) is 1. The Kier molecular flexibility index (Phi) is 10.5. The van der Waals surface area contributed by atoms with Gasteiger partial charge in [0.2, 0.25) is 0 Å². The van der Waals surface area contributed by atoms with Crippen LogP contribution in [0, 0.1) is 0 Å². The molecule has 3 saturated heterocycles. The summed E-state index contributed by atoms with van der Waals surface area (Å²) < 4.78 is 5.66. The number of ether oxygens (including phenoxy) is 1. The van der Waals surface area contributed by atoms with Crippen molar-refractivity contribution in [3.8, 4) is 0 Å². The van der Waals surface area contributed by atoms with E-state index in [0.29, 0.717) is 13.0 Å². The number of unbranched alkanes of at least 4 members (excludes halogenated alkanes) is 1. The lowest BCUT2D eigenvalue weighted by Gasteiger charge is -2.40. The number of amides is 1. The van der Waals surface area contributed by atoms with Gasteiger partial charge in [0.25, 0.3) is 0 Å². The molecule has 1 N–H and O–H groups in total. The van der Waals surface area contributed by atoms with Gasteiger partial charge in [-0.2, -0.15) is 0 Å². The van der Waals surface area contributed by atoms with Crippen molar-refractivity contribution >= 4 is 12.1 Å². The number of carbonyl (C=O) groups is 2. The van der Waals surface area contributed by atoms with Gasteiger partial charge < -0.3 is 24.5 Å². The van der Waals surface area contributed by atoms with Crippen molar-refractivity contribution in [2.24, 2.45) is 0 Å².